The molecule has 0 spiro atoms. The number of anilines is 1. The lowest BCUT2D eigenvalue weighted by Crippen LogP contribution is -2.07. The highest BCUT2D eigenvalue weighted by atomic mass is 19.1. The van der Waals surface area contributed by atoms with Crippen molar-refractivity contribution >= 4 is 17.7 Å². The number of hydrogen-bond acceptors (Lipinski definition) is 2. The molecule has 2 aromatic rings. The van der Waals surface area contributed by atoms with Crippen LogP contribution in [-0.2, 0) is 11.2 Å². The van der Waals surface area contributed by atoms with Crippen LogP contribution in [-0.4, -0.2) is 13.0 Å². The summed E-state index contributed by atoms with van der Waals surface area (Å²) in [5.41, 5.74) is 2.53. The third-order valence-electron chi connectivity index (χ3n) is 3.23. The molecule has 4 heteroatoms. The first-order valence-corrected chi connectivity index (χ1v) is 7.04. The van der Waals surface area contributed by atoms with Crippen molar-refractivity contribution in [2.45, 2.75) is 13.3 Å². The molecule has 0 bridgehead atoms. The van der Waals surface area contributed by atoms with Crippen LogP contribution in [0.4, 0.5) is 10.1 Å². The summed E-state index contributed by atoms with van der Waals surface area (Å²) in [7, 11) is 1.41. The Kier molecular flexibility index (Phi) is 5.31. The van der Waals surface area contributed by atoms with Crippen molar-refractivity contribution in [3.63, 3.8) is 0 Å². The number of carbonyl (C=O) groups is 1. The minimum absolute atomic E-state index is 0.178. The number of hydrogen-bond donors (Lipinski definition) is 1. The van der Waals surface area contributed by atoms with Crippen LogP contribution in [0.25, 0.3) is 6.08 Å². The average Bonchev–Trinajstić information content (AvgIpc) is 2.54. The fourth-order valence-electron chi connectivity index (χ4n) is 1.97. The van der Waals surface area contributed by atoms with Crippen LogP contribution in [0.1, 0.15) is 18.1 Å². The largest absolute Gasteiger partial charge is 0.494 e. The van der Waals surface area contributed by atoms with E-state index in [1.807, 2.05) is 24.3 Å². The van der Waals surface area contributed by atoms with Gasteiger partial charge in [0.15, 0.2) is 11.6 Å². The maximum Gasteiger partial charge on any atom is 0.248 e. The predicted octanol–water partition coefficient (Wildman–Crippen LogP) is 4.05. The third kappa shape index (κ3) is 4.19. The summed E-state index contributed by atoms with van der Waals surface area (Å²) in [4.78, 5) is 11.8. The fourth-order valence-corrected chi connectivity index (χ4v) is 1.97. The molecule has 0 aliphatic rings. The van der Waals surface area contributed by atoms with Gasteiger partial charge in [0.25, 0.3) is 0 Å². The Labute approximate surface area is 129 Å². The van der Waals surface area contributed by atoms with Crippen molar-refractivity contribution in [3.8, 4) is 5.75 Å². The molecule has 2 rings (SSSR count). The van der Waals surface area contributed by atoms with E-state index in [0.29, 0.717) is 5.56 Å². The molecule has 0 atom stereocenters. The van der Waals surface area contributed by atoms with E-state index in [4.69, 9.17) is 4.74 Å². The lowest BCUT2D eigenvalue weighted by atomic mass is 10.1. The van der Waals surface area contributed by atoms with E-state index in [0.717, 1.165) is 12.1 Å². The quantitative estimate of drug-likeness (QED) is 0.846. The van der Waals surface area contributed by atoms with Gasteiger partial charge in [0.2, 0.25) is 5.91 Å². The van der Waals surface area contributed by atoms with E-state index in [1.54, 1.807) is 12.1 Å². The Morgan fingerprint density at radius 2 is 1.95 bits per heavy atom. The Bertz CT molecular complexity index is 678. The molecule has 0 aromatic heterocycles. The van der Waals surface area contributed by atoms with Gasteiger partial charge >= 0.3 is 0 Å². The molecule has 2 aromatic carbocycles. The summed E-state index contributed by atoms with van der Waals surface area (Å²) in [6.07, 6.45) is 3.88. The molecule has 0 saturated carbocycles. The molecular weight excluding hydrogens is 281 g/mol. The predicted molar refractivity (Wildman–Crippen MR) is 86.4 cm³/mol. The number of halogens is 1. The van der Waals surface area contributed by atoms with Crippen molar-refractivity contribution < 1.29 is 13.9 Å². The van der Waals surface area contributed by atoms with E-state index in [2.05, 4.69) is 12.2 Å². The molecule has 0 aliphatic heterocycles. The first kappa shape index (κ1) is 15.8. The van der Waals surface area contributed by atoms with E-state index < -0.39 is 5.82 Å². The SMILES string of the molecule is CCc1ccc(NC(=O)/C=C/c2ccc(OC)c(F)c2)cc1. The van der Waals surface area contributed by atoms with Gasteiger partial charge < -0.3 is 10.1 Å². The second-order valence-electron chi connectivity index (χ2n) is 4.77. The van der Waals surface area contributed by atoms with Gasteiger partial charge in [-0.25, -0.2) is 4.39 Å². The molecule has 0 saturated heterocycles. The lowest BCUT2D eigenvalue weighted by Gasteiger charge is -2.04. The second kappa shape index (κ2) is 7.41. The van der Waals surface area contributed by atoms with E-state index >= 15 is 0 Å². The van der Waals surface area contributed by atoms with Crippen molar-refractivity contribution in [2.75, 3.05) is 12.4 Å². The number of ether oxygens (including phenoxy) is 1. The van der Waals surface area contributed by atoms with Gasteiger partial charge in [0, 0.05) is 11.8 Å². The summed E-state index contributed by atoms with van der Waals surface area (Å²) >= 11 is 0. The molecule has 0 unspecified atom stereocenters. The van der Waals surface area contributed by atoms with Crippen LogP contribution in [0.3, 0.4) is 0 Å². The minimum atomic E-state index is -0.458. The van der Waals surface area contributed by atoms with Crippen LogP contribution in [0.15, 0.2) is 48.5 Å². The first-order chi connectivity index (χ1) is 10.6. The number of aryl methyl sites for hydroxylation is 1. The van der Waals surface area contributed by atoms with Gasteiger partial charge in [-0.3, -0.25) is 4.79 Å². The Balaban J connectivity index is 1.99. The number of rotatable bonds is 5. The van der Waals surface area contributed by atoms with Gasteiger partial charge in [-0.15, -0.1) is 0 Å². The third-order valence-corrected chi connectivity index (χ3v) is 3.23. The standard InChI is InChI=1S/C18H18FNO2/c1-3-13-4-8-15(9-5-13)20-18(21)11-7-14-6-10-17(22-2)16(19)12-14/h4-12H,3H2,1-2H3,(H,20,21)/b11-7+. The zero-order valence-corrected chi connectivity index (χ0v) is 12.6. The molecule has 3 nitrogen and oxygen atoms in total. The molecule has 0 fully saturated rings. The molecule has 1 N–H and O–H groups in total. The lowest BCUT2D eigenvalue weighted by molar-refractivity contribution is -0.111. The van der Waals surface area contributed by atoms with E-state index in [1.165, 1.54) is 30.9 Å². The zero-order chi connectivity index (χ0) is 15.9. The summed E-state index contributed by atoms with van der Waals surface area (Å²) in [5, 5.41) is 2.76. The number of carbonyl (C=O) groups excluding carboxylic acids is 1. The monoisotopic (exact) mass is 299 g/mol. The summed E-state index contributed by atoms with van der Waals surface area (Å²) < 4.78 is 18.4. The molecule has 0 heterocycles. The highest BCUT2D eigenvalue weighted by Gasteiger charge is 2.02. The summed E-state index contributed by atoms with van der Waals surface area (Å²) in [6, 6.07) is 12.2. The molecular formula is C18H18FNO2. The zero-order valence-electron chi connectivity index (χ0n) is 12.6. The molecule has 1 amide bonds. The van der Waals surface area contributed by atoms with Crippen LogP contribution < -0.4 is 10.1 Å². The Morgan fingerprint density at radius 3 is 2.55 bits per heavy atom. The minimum Gasteiger partial charge on any atom is -0.494 e. The Morgan fingerprint density at radius 1 is 1.23 bits per heavy atom. The maximum absolute atomic E-state index is 13.5. The molecule has 114 valence electrons. The fraction of sp³-hybridized carbons (Fsp3) is 0.167. The average molecular weight is 299 g/mol. The highest BCUT2D eigenvalue weighted by Crippen LogP contribution is 2.18. The van der Waals surface area contributed by atoms with Gasteiger partial charge in [0.1, 0.15) is 0 Å². The second-order valence-corrected chi connectivity index (χ2v) is 4.77. The normalized spacial score (nSPS) is 10.7. The van der Waals surface area contributed by atoms with Gasteiger partial charge in [0.05, 0.1) is 7.11 Å². The first-order valence-electron chi connectivity index (χ1n) is 7.04. The highest BCUT2D eigenvalue weighted by molar-refractivity contribution is 6.01. The van der Waals surface area contributed by atoms with Crippen molar-refractivity contribution in [1.82, 2.24) is 0 Å². The number of amides is 1. The number of nitrogens with one attached hydrogen (secondary N) is 1. The van der Waals surface area contributed by atoms with Gasteiger partial charge in [-0.2, -0.15) is 0 Å². The number of methoxy groups -OCH3 is 1. The Hall–Kier alpha value is -2.62. The molecule has 0 radical (unpaired) electrons. The van der Waals surface area contributed by atoms with Gasteiger partial charge in [-0.1, -0.05) is 25.1 Å². The molecule has 22 heavy (non-hydrogen) atoms. The summed E-state index contributed by atoms with van der Waals surface area (Å²) in [6.45, 7) is 2.07. The van der Waals surface area contributed by atoms with Crippen LogP contribution in [0.5, 0.6) is 5.75 Å². The van der Waals surface area contributed by atoms with Crippen LogP contribution >= 0.6 is 0 Å². The number of benzene rings is 2. The smallest absolute Gasteiger partial charge is 0.248 e. The van der Waals surface area contributed by atoms with E-state index in [9.17, 15) is 9.18 Å². The van der Waals surface area contributed by atoms with Crippen molar-refractivity contribution in [2.24, 2.45) is 0 Å². The topological polar surface area (TPSA) is 38.3 Å². The van der Waals surface area contributed by atoms with Crippen LogP contribution in [0, 0.1) is 5.82 Å². The van der Waals surface area contributed by atoms with Crippen molar-refractivity contribution in [3.05, 3.63) is 65.5 Å². The van der Waals surface area contributed by atoms with Crippen molar-refractivity contribution in [1.29, 1.82) is 0 Å². The van der Waals surface area contributed by atoms with Gasteiger partial charge in [-0.05, 0) is 47.9 Å². The maximum atomic E-state index is 13.5. The molecule has 0 aliphatic carbocycles. The van der Waals surface area contributed by atoms with E-state index in [-0.39, 0.29) is 11.7 Å². The van der Waals surface area contributed by atoms with Crippen LogP contribution in [0.2, 0.25) is 0 Å². The summed E-state index contributed by atoms with van der Waals surface area (Å²) in [5.74, 6) is -0.543.